The van der Waals surface area contributed by atoms with E-state index < -0.39 is 10.0 Å². The van der Waals surface area contributed by atoms with Gasteiger partial charge in [0, 0.05) is 19.3 Å². The van der Waals surface area contributed by atoms with E-state index in [0.717, 1.165) is 12.0 Å². The molecule has 1 N–H and O–H groups in total. The number of hydrogen-bond acceptors (Lipinski definition) is 3. The van der Waals surface area contributed by atoms with Gasteiger partial charge in [-0.05, 0) is 36.1 Å². The van der Waals surface area contributed by atoms with Gasteiger partial charge in [0.1, 0.15) is 0 Å². The predicted molar refractivity (Wildman–Crippen MR) is 87.5 cm³/mol. The van der Waals surface area contributed by atoms with Crippen LogP contribution in [0.4, 0.5) is 5.69 Å². The molecule has 0 saturated carbocycles. The highest BCUT2D eigenvalue weighted by Crippen LogP contribution is 2.17. The fourth-order valence-corrected chi connectivity index (χ4v) is 3.19. The number of hydrogen-bond donors (Lipinski definition) is 1. The van der Waals surface area contributed by atoms with Crippen molar-refractivity contribution in [1.82, 2.24) is 4.57 Å². The van der Waals surface area contributed by atoms with Crippen molar-refractivity contribution in [3.8, 4) is 0 Å². The van der Waals surface area contributed by atoms with Crippen LogP contribution in [0.25, 0.3) is 0 Å². The Labute approximate surface area is 130 Å². The van der Waals surface area contributed by atoms with E-state index in [1.165, 1.54) is 22.9 Å². The Hall–Kier alpha value is -2.08. The van der Waals surface area contributed by atoms with Crippen molar-refractivity contribution in [3.63, 3.8) is 0 Å². The Morgan fingerprint density at radius 3 is 2.27 bits per heavy atom. The summed E-state index contributed by atoms with van der Waals surface area (Å²) in [6.07, 6.45) is 2.36. The molecule has 0 fully saturated rings. The van der Waals surface area contributed by atoms with Crippen LogP contribution in [0.3, 0.4) is 0 Å². The second-order valence-corrected chi connectivity index (χ2v) is 7.40. The van der Waals surface area contributed by atoms with Crippen LogP contribution in [0, 0.1) is 5.92 Å². The molecule has 6 heteroatoms. The molecular formula is C16H20N2O3S. The Morgan fingerprint density at radius 1 is 1.09 bits per heavy atom. The summed E-state index contributed by atoms with van der Waals surface area (Å²) < 4.78 is 28.5. The quantitative estimate of drug-likeness (QED) is 0.919. The minimum atomic E-state index is -3.65. The second-order valence-electron chi connectivity index (χ2n) is 5.71. The number of aryl methyl sites for hydroxylation is 1. The van der Waals surface area contributed by atoms with Crippen molar-refractivity contribution in [2.24, 2.45) is 13.0 Å². The summed E-state index contributed by atoms with van der Waals surface area (Å²) in [5.74, 6) is 0.520. The summed E-state index contributed by atoms with van der Waals surface area (Å²) in [5, 5.41) is 0. The van der Waals surface area contributed by atoms with Crippen LogP contribution in [-0.2, 0) is 23.5 Å². The smallest absolute Gasteiger partial charge is 0.261 e. The molecule has 5 nitrogen and oxygen atoms in total. The monoisotopic (exact) mass is 320 g/mol. The zero-order valence-electron chi connectivity index (χ0n) is 12.9. The third-order valence-electron chi connectivity index (χ3n) is 3.22. The molecule has 0 unspecified atom stereocenters. The minimum absolute atomic E-state index is 0.194. The van der Waals surface area contributed by atoms with Gasteiger partial charge in [0.25, 0.3) is 10.0 Å². The Balaban J connectivity index is 2.22. The fourth-order valence-electron chi connectivity index (χ4n) is 2.14. The van der Waals surface area contributed by atoms with Crippen molar-refractivity contribution in [2.45, 2.75) is 25.2 Å². The van der Waals surface area contributed by atoms with Crippen molar-refractivity contribution in [2.75, 3.05) is 4.72 Å². The van der Waals surface area contributed by atoms with Crippen LogP contribution in [0.15, 0.2) is 52.3 Å². The standard InChI is InChI=1S/C16H20N2O3S/c1-12(2)10-13-4-7-15(8-5-13)22(20,21)17-14-6-9-16(19)18(3)11-14/h4-9,11-12,17H,10H2,1-3H3. The topological polar surface area (TPSA) is 68.2 Å². The van der Waals surface area contributed by atoms with Gasteiger partial charge in [-0.25, -0.2) is 8.42 Å². The lowest BCUT2D eigenvalue weighted by Crippen LogP contribution is -2.18. The Bertz CT molecular complexity index is 806. The van der Waals surface area contributed by atoms with Crippen molar-refractivity contribution >= 4 is 15.7 Å². The van der Waals surface area contributed by atoms with Crippen LogP contribution < -0.4 is 10.3 Å². The first-order valence-corrected chi connectivity index (χ1v) is 8.55. The molecule has 22 heavy (non-hydrogen) atoms. The van der Waals surface area contributed by atoms with Gasteiger partial charge in [0.15, 0.2) is 0 Å². The van der Waals surface area contributed by atoms with Crippen molar-refractivity contribution in [1.29, 1.82) is 0 Å². The zero-order valence-corrected chi connectivity index (χ0v) is 13.7. The molecular weight excluding hydrogens is 300 g/mol. The van der Waals surface area contributed by atoms with Gasteiger partial charge in [-0.15, -0.1) is 0 Å². The molecule has 2 rings (SSSR count). The number of nitrogens with one attached hydrogen (secondary N) is 1. The van der Waals surface area contributed by atoms with E-state index in [2.05, 4.69) is 18.6 Å². The van der Waals surface area contributed by atoms with E-state index in [1.807, 2.05) is 12.1 Å². The second kappa shape index (κ2) is 6.36. The average molecular weight is 320 g/mol. The van der Waals surface area contributed by atoms with E-state index in [1.54, 1.807) is 19.2 Å². The maximum absolute atomic E-state index is 12.3. The predicted octanol–water partition coefficient (Wildman–Crippen LogP) is 2.38. The molecule has 1 aromatic heterocycles. The first-order chi connectivity index (χ1) is 10.3. The van der Waals surface area contributed by atoms with E-state index >= 15 is 0 Å². The molecule has 0 radical (unpaired) electrons. The lowest BCUT2D eigenvalue weighted by Gasteiger charge is -2.10. The molecule has 118 valence electrons. The largest absolute Gasteiger partial charge is 0.316 e. The summed E-state index contributed by atoms with van der Waals surface area (Å²) in [5.41, 5.74) is 1.27. The van der Waals surface area contributed by atoms with E-state index in [0.29, 0.717) is 11.6 Å². The third-order valence-corrected chi connectivity index (χ3v) is 4.61. The molecule has 0 atom stereocenters. The normalized spacial score (nSPS) is 11.6. The summed E-state index contributed by atoms with van der Waals surface area (Å²) in [6.45, 7) is 4.23. The van der Waals surface area contributed by atoms with Gasteiger partial charge in [-0.3, -0.25) is 9.52 Å². The van der Waals surface area contributed by atoms with Crippen LogP contribution in [0.2, 0.25) is 0 Å². The lowest BCUT2D eigenvalue weighted by atomic mass is 10.0. The molecule has 1 aromatic carbocycles. The summed E-state index contributed by atoms with van der Waals surface area (Å²) in [7, 11) is -2.08. The summed E-state index contributed by atoms with van der Waals surface area (Å²) in [6, 6.07) is 9.63. The maximum Gasteiger partial charge on any atom is 0.261 e. The van der Waals surface area contributed by atoms with Gasteiger partial charge in [-0.2, -0.15) is 0 Å². The van der Waals surface area contributed by atoms with Crippen molar-refractivity contribution < 1.29 is 8.42 Å². The highest BCUT2D eigenvalue weighted by molar-refractivity contribution is 7.92. The first-order valence-electron chi connectivity index (χ1n) is 7.06. The molecule has 0 aliphatic rings. The molecule has 0 spiro atoms. The van der Waals surface area contributed by atoms with Crippen LogP contribution in [0.1, 0.15) is 19.4 Å². The fraction of sp³-hybridized carbons (Fsp3) is 0.312. The van der Waals surface area contributed by atoms with Gasteiger partial charge in [0.2, 0.25) is 5.56 Å². The van der Waals surface area contributed by atoms with E-state index in [-0.39, 0.29) is 10.5 Å². The number of nitrogens with zero attached hydrogens (tertiary/aromatic N) is 1. The zero-order chi connectivity index (χ0) is 16.3. The first kappa shape index (κ1) is 16.3. The van der Waals surface area contributed by atoms with Crippen LogP contribution in [-0.4, -0.2) is 13.0 Å². The molecule has 0 bridgehead atoms. The average Bonchev–Trinajstić information content (AvgIpc) is 2.42. The van der Waals surface area contributed by atoms with Gasteiger partial charge in [0.05, 0.1) is 10.6 Å². The Kier molecular flexibility index (Phi) is 4.71. The SMILES string of the molecule is CC(C)Cc1ccc(S(=O)(=O)Nc2ccc(=O)n(C)c2)cc1. The molecule has 0 amide bonds. The summed E-state index contributed by atoms with van der Waals surface area (Å²) in [4.78, 5) is 11.5. The maximum atomic E-state index is 12.3. The van der Waals surface area contributed by atoms with Crippen LogP contribution >= 0.6 is 0 Å². The Morgan fingerprint density at radius 2 is 1.73 bits per heavy atom. The van der Waals surface area contributed by atoms with E-state index in [9.17, 15) is 13.2 Å². The van der Waals surface area contributed by atoms with Gasteiger partial charge >= 0.3 is 0 Å². The highest BCUT2D eigenvalue weighted by atomic mass is 32.2. The number of benzene rings is 1. The molecule has 0 aliphatic carbocycles. The number of rotatable bonds is 5. The van der Waals surface area contributed by atoms with Gasteiger partial charge in [-0.1, -0.05) is 26.0 Å². The third kappa shape index (κ3) is 3.98. The van der Waals surface area contributed by atoms with Crippen molar-refractivity contribution in [3.05, 3.63) is 58.5 Å². The number of sulfonamides is 1. The number of pyridine rings is 1. The molecule has 1 heterocycles. The van der Waals surface area contributed by atoms with Crippen LogP contribution in [0.5, 0.6) is 0 Å². The molecule has 0 aliphatic heterocycles. The van der Waals surface area contributed by atoms with Gasteiger partial charge < -0.3 is 4.57 Å². The highest BCUT2D eigenvalue weighted by Gasteiger charge is 2.14. The molecule has 2 aromatic rings. The summed E-state index contributed by atoms with van der Waals surface area (Å²) >= 11 is 0. The minimum Gasteiger partial charge on any atom is -0.316 e. The van der Waals surface area contributed by atoms with E-state index in [4.69, 9.17) is 0 Å². The number of aromatic nitrogens is 1. The molecule has 0 saturated heterocycles. The number of anilines is 1. The lowest BCUT2D eigenvalue weighted by molar-refractivity contribution is 0.601.